The molecule has 3 rings (SSSR count). The summed E-state index contributed by atoms with van der Waals surface area (Å²) in [4.78, 5) is 53.0. The molecule has 16 heteroatoms. The van der Waals surface area contributed by atoms with E-state index in [9.17, 15) is 32.7 Å². The molecule has 0 saturated carbocycles. The number of carbonyl (C=O) groups is 4. The lowest BCUT2D eigenvalue weighted by atomic mass is 10.1. The fraction of sp³-hybridized carbons (Fsp3) is 0.438. The number of anilines is 1. The largest absolute Gasteiger partial charge is 0.496 e. The third-order valence-corrected chi connectivity index (χ3v) is 8.41. The molecule has 1 saturated heterocycles. The van der Waals surface area contributed by atoms with Gasteiger partial charge in [-0.15, -0.1) is 5.06 Å². The highest BCUT2D eigenvalue weighted by atomic mass is 32.2. The first-order valence-electron chi connectivity index (χ1n) is 15.0. The van der Waals surface area contributed by atoms with Gasteiger partial charge in [0.25, 0.3) is 5.91 Å². The lowest BCUT2D eigenvalue weighted by Crippen LogP contribution is -2.35. The molecule has 1 aliphatic heterocycles. The Bertz CT molecular complexity index is 1580. The maximum Gasteiger partial charge on any atom is 0.332 e. The van der Waals surface area contributed by atoms with Crippen LogP contribution in [0.5, 0.6) is 23.0 Å². The van der Waals surface area contributed by atoms with Gasteiger partial charge in [0, 0.05) is 56.2 Å². The van der Waals surface area contributed by atoms with Gasteiger partial charge in [-0.2, -0.15) is 0 Å². The Morgan fingerprint density at radius 1 is 0.917 bits per heavy atom. The van der Waals surface area contributed by atoms with Gasteiger partial charge in [-0.05, 0) is 36.6 Å². The lowest BCUT2D eigenvalue weighted by Gasteiger charge is -2.18. The number of nitrogens with one attached hydrogen (secondary N) is 2. The second-order valence-electron chi connectivity index (χ2n) is 10.6. The summed E-state index contributed by atoms with van der Waals surface area (Å²) in [5, 5.41) is 16.7. The van der Waals surface area contributed by atoms with Crippen molar-refractivity contribution in [1.29, 1.82) is 0 Å². The summed E-state index contributed by atoms with van der Waals surface area (Å²) in [5.74, 6) is -0.716. The number of hydroxylamine groups is 2. The first-order chi connectivity index (χ1) is 22.9. The minimum atomic E-state index is -3.78. The number of nitrogens with zero attached hydrogens (tertiary/aromatic N) is 1. The average molecular weight is 692 g/mol. The van der Waals surface area contributed by atoms with Gasteiger partial charge >= 0.3 is 5.97 Å². The SMILES string of the molecule is COc1cc(OC)c(/C=C/S(=O)(=O)Cc2ccc(OC)c(NC(=O)CCCNC(=O)CCCC(=O)ON3C(=O)CCC3O)c2)c(OC)c1. The number of hydrogen-bond donors (Lipinski definition) is 3. The zero-order valence-electron chi connectivity index (χ0n) is 27.3. The Balaban J connectivity index is 1.48. The van der Waals surface area contributed by atoms with Crippen LogP contribution in [0.3, 0.4) is 0 Å². The molecule has 1 aliphatic rings. The van der Waals surface area contributed by atoms with E-state index >= 15 is 0 Å². The fourth-order valence-electron chi connectivity index (χ4n) is 4.68. The molecule has 0 radical (unpaired) electrons. The standard InChI is InChI=1S/C32H41N3O12S/c1-43-22-18-26(45-3)23(27(19-22)46-4)14-16-48(41,42)20-21-10-11-25(44-2)24(17-21)34-29(37)8-6-15-33-28(36)7-5-9-32(40)47-35-30(38)12-13-31(35)39/h10-11,14,16-19,30,38H,5-9,12-13,15,20H2,1-4H3,(H,33,36)(H,34,37)/b16-14+. The third-order valence-electron chi connectivity index (χ3n) is 7.12. The molecule has 48 heavy (non-hydrogen) atoms. The summed E-state index contributed by atoms with van der Waals surface area (Å²) < 4.78 is 47.3. The van der Waals surface area contributed by atoms with Crippen LogP contribution < -0.4 is 29.6 Å². The van der Waals surface area contributed by atoms with Crippen LogP contribution in [0.1, 0.15) is 56.1 Å². The maximum atomic E-state index is 13.0. The third kappa shape index (κ3) is 11.2. The molecule has 2 aromatic rings. The molecule has 1 atom stereocenters. The summed E-state index contributed by atoms with van der Waals surface area (Å²) in [7, 11) is 2.03. The number of benzene rings is 2. The van der Waals surface area contributed by atoms with Crippen LogP contribution >= 0.6 is 0 Å². The number of aliphatic hydroxyl groups excluding tert-OH is 1. The summed E-state index contributed by atoms with van der Waals surface area (Å²) in [6.45, 7) is 0.205. The molecule has 15 nitrogen and oxygen atoms in total. The molecule has 1 fully saturated rings. The highest BCUT2D eigenvalue weighted by Crippen LogP contribution is 2.35. The Kier molecular flexibility index (Phi) is 14.0. The van der Waals surface area contributed by atoms with Gasteiger partial charge in [0.2, 0.25) is 11.8 Å². The van der Waals surface area contributed by atoms with Gasteiger partial charge < -0.3 is 39.5 Å². The van der Waals surface area contributed by atoms with Crippen LogP contribution in [-0.2, 0) is 39.6 Å². The number of sulfone groups is 1. The van der Waals surface area contributed by atoms with Crippen molar-refractivity contribution in [3.8, 4) is 23.0 Å². The van der Waals surface area contributed by atoms with E-state index in [2.05, 4.69) is 10.6 Å². The summed E-state index contributed by atoms with van der Waals surface area (Å²) >= 11 is 0. The van der Waals surface area contributed by atoms with Crippen LogP contribution in [0.15, 0.2) is 35.7 Å². The van der Waals surface area contributed by atoms with Crippen LogP contribution in [0, 0.1) is 0 Å². The Labute approximate surface area is 279 Å². The summed E-state index contributed by atoms with van der Waals surface area (Å²) in [5.41, 5.74) is 1.11. The van der Waals surface area contributed by atoms with Crippen LogP contribution in [0.2, 0.25) is 0 Å². The smallest absolute Gasteiger partial charge is 0.332 e. The topological polar surface area (TPSA) is 196 Å². The highest BCUT2D eigenvalue weighted by molar-refractivity contribution is 7.93. The van der Waals surface area contributed by atoms with Gasteiger partial charge in [0.05, 0.1) is 45.4 Å². The molecular formula is C32H41N3O12S. The number of carbonyl (C=O) groups excluding carboxylic acids is 4. The van der Waals surface area contributed by atoms with E-state index in [-0.39, 0.29) is 68.3 Å². The molecule has 0 aromatic heterocycles. The quantitative estimate of drug-likeness (QED) is 0.194. The molecule has 1 heterocycles. The molecule has 262 valence electrons. The molecule has 1 unspecified atom stereocenters. The zero-order valence-corrected chi connectivity index (χ0v) is 28.1. The zero-order chi connectivity index (χ0) is 35.3. The Hall–Kier alpha value is -4.83. The molecule has 0 aliphatic carbocycles. The van der Waals surface area contributed by atoms with Crippen LogP contribution in [-0.4, -0.2) is 83.5 Å². The number of ether oxygens (including phenoxy) is 4. The minimum absolute atomic E-state index is 0.0288. The average Bonchev–Trinajstić information content (AvgIpc) is 3.37. The van der Waals surface area contributed by atoms with Gasteiger partial charge in [-0.25, -0.2) is 13.2 Å². The molecule has 2 aromatic carbocycles. The lowest BCUT2D eigenvalue weighted by molar-refractivity contribution is -0.220. The van der Waals surface area contributed by atoms with E-state index in [1.807, 2.05) is 0 Å². The van der Waals surface area contributed by atoms with E-state index in [1.165, 1.54) is 40.6 Å². The summed E-state index contributed by atoms with van der Waals surface area (Å²) in [6, 6.07) is 7.87. The number of amides is 3. The number of aliphatic hydroxyl groups is 1. The second kappa shape index (κ2) is 17.9. The molecule has 0 bridgehead atoms. The van der Waals surface area contributed by atoms with E-state index in [1.54, 1.807) is 24.3 Å². The molecule has 0 spiro atoms. The minimum Gasteiger partial charge on any atom is -0.496 e. The number of rotatable bonds is 18. The van der Waals surface area contributed by atoms with Gasteiger partial charge in [0.1, 0.15) is 23.0 Å². The maximum absolute atomic E-state index is 13.0. The monoisotopic (exact) mass is 691 g/mol. The molecule has 3 amide bonds. The Morgan fingerprint density at radius 3 is 2.19 bits per heavy atom. The first-order valence-corrected chi connectivity index (χ1v) is 16.8. The van der Waals surface area contributed by atoms with Crippen molar-refractivity contribution in [2.75, 3.05) is 40.3 Å². The van der Waals surface area contributed by atoms with Crippen LogP contribution in [0.25, 0.3) is 6.08 Å². The van der Waals surface area contributed by atoms with Crippen molar-refractivity contribution >= 4 is 45.3 Å². The van der Waals surface area contributed by atoms with Gasteiger partial charge in [-0.1, -0.05) is 6.07 Å². The van der Waals surface area contributed by atoms with Crippen molar-refractivity contribution in [2.24, 2.45) is 0 Å². The second-order valence-corrected chi connectivity index (χ2v) is 12.5. The summed E-state index contributed by atoms with van der Waals surface area (Å²) in [6.07, 6.45) is 0.971. The van der Waals surface area contributed by atoms with E-state index in [0.29, 0.717) is 45.6 Å². The van der Waals surface area contributed by atoms with Crippen molar-refractivity contribution in [2.45, 2.75) is 56.9 Å². The van der Waals surface area contributed by atoms with Crippen molar-refractivity contribution < 1.29 is 56.5 Å². The van der Waals surface area contributed by atoms with Crippen molar-refractivity contribution in [1.82, 2.24) is 10.4 Å². The Morgan fingerprint density at radius 2 is 1.58 bits per heavy atom. The predicted octanol–water partition coefficient (Wildman–Crippen LogP) is 2.71. The predicted molar refractivity (Wildman–Crippen MR) is 174 cm³/mol. The number of hydrogen-bond acceptors (Lipinski definition) is 12. The first kappa shape index (κ1) is 37.6. The van der Waals surface area contributed by atoms with E-state index < -0.39 is 27.9 Å². The van der Waals surface area contributed by atoms with Crippen LogP contribution in [0.4, 0.5) is 5.69 Å². The highest BCUT2D eigenvalue weighted by Gasteiger charge is 2.32. The van der Waals surface area contributed by atoms with E-state index in [0.717, 1.165) is 5.41 Å². The van der Waals surface area contributed by atoms with Gasteiger partial charge in [0.15, 0.2) is 16.1 Å². The molecular weight excluding hydrogens is 650 g/mol. The van der Waals surface area contributed by atoms with Crippen molar-refractivity contribution in [3.63, 3.8) is 0 Å². The van der Waals surface area contributed by atoms with E-state index in [4.69, 9.17) is 23.8 Å². The molecule has 3 N–H and O–H groups in total. The fourth-order valence-corrected chi connectivity index (χ4v) is 5.76. The normalized spacial score (nSPS) is 14.5. The number of methoxy groups -OCH3 is 4. The van der Waals surface area contributed by atoms with Gasteiger partial charge in [-0.3, -0.25) is 14.4 Å². The van der Waals surface area contributed by atoms with Crippen molar-refractivity contribution in [3.05, 3.63) is 46.9 Å².